The molecule has 2 N–H and O–H groups in total. The van der Waals surface area contributed by atoms with Gasteiger partial charge in [0, 0.05) is 24.2 Å². The minimum atomic E-state index is -0.430. The number of halogens is 2. The van der Waals surface area contributed by atoms with Crippen LogP contribution < -0.4 is 10.6 Å². The summed E-state index contributed by atoms with van der Waals surface area (Å²) in [5.41, 5.74) is 6.87. The second-order valence-electron chi connectivity index (χ2n) is 5.70. The van der Waals surface area contributed by atoms with Crippen LogP contribution in [0.5, 0.6) is 0 Å². The molecule has 3 aromatic rings. The molecule has 0 radical (unpaired) electrons. The van der Waals surface area contributed by atoms with E-state index in [-0.39, 0.29) is 6.04 Å². The van der Waals surface area contributed by atoms with Crippen molar-refractivity contribution in [2.45, 2.75) is 18.9 Å². The van der Waals surface area contributed by atoms with Crippen LogP contribution in [-0.4, -0.2) is 21.1 Å². The molecule has 118 valence electrons. The summed E-state index contributed by atoms with van der Waals surface area (Å²) >= 11 is 0. The molecule has 1 aliphatic heterocycles. The van der Waals surface area contributed by atoms with Gasteiger partial charge in [-0.15, -0.1) is 5.10 Å². The van der Waals surface area contributed by atoms with E-state index in [1.54, 1.807) is 16.9 Å². The van der Waals surface area contributed by atoms with Gasteiger partial charge >= 0.3 is 0 Å². The molecule has 7 heteroatoms. The van der Waals surface area contributed by atoms with Gasteiger partial charge < -0.3 is 10.6 Å². The summed E-state index contributed by atoms with van der Waals surface area (Å²) in [5, 5.41) is 4.09. The maximum Gasteiger partial charge on any atom is 0.146 e. The van der Waals surface area contributed by atoms with Crippen LogP contribution in [0.25, 0.3) is 5.52 Å². The summed E-state index contributed by atoms with van der Waals surface area (Å²) in [6.45, 7) is 0.743. The van der Waals surface area contributed by atoms with E-state index in [4.69, 9.17) is 5.73 Å². The fourth-order valence-electron chi connectivity index (χ4n) is 3.20. The molecule has 0 amide bonds. The van der Waals surface area contributed by atoms with Crippen LogP contribution >= 0.6 is 0 Å². The number of nitrogens with zero attached hydrogens (tertiary/aromatic N) is 4. The molecule has 2 aromatic heterocycles. The molecular formula is C16H15F2N5. The van der Waals surface area contributed by atoms with Gasteiger partial charge in [0.15, 0.2) is 0 Å². The molecule has 0 aliphatic carbocycles. The Kier molecular flexibility index (Phi) is 3.14. The van der Waals surface area contributed by atoms with E-state index in [0.29, 0.717) is 17.2 Å². The lowest BCUT2D eigenvalue weighted by molar-refractivity contribution is 0.560. The van der Waals surface area contributed by atoms with Gasteiger partial charge in [0.05, 0.1) is 11.6 Å². The van der Waals surface area contributed by atoms with Crippen molar-refractivity contribution in [3.8, 4) is 0 Å². The smallest absolute Gasteiger partial charge is 0.146 e. The van der Waals surface area contributed by atoms with Crippen molar-refractivity contribution in [3.05, 3.63) is 53.9 Å². The first kappa shape index (κ1) is 13.9. The van der Waals surface area contributed by atoms with Crippen LogP contribution in [0.2, 0.25) is 0 Å². The zero-order valence-electron chi connectivity index (χ0n) is 12.3. The molecule has 4 rings (SSSR count). The number of benzene rings is 1. The normalized spacial score (nSPS) is 18.0. The summed E-state index contributed by atoms with van der Waals surface area (Å²) in [5.74, 6) is 0.305. The largest absolute Gasteiger partial charge is 0.382 e. The Morgan fingerprint density at radius 2 is 2.04 bits per heavy atom. The molecule has 1 fully saturated rings. The zero-order valence-corrected chi connectivity index (χ0v) is 12.3. The molecule has 23 heavy (non-hydrogen) atoms. The van der Waals surface area contributed by atoms with Crippen LogP contribution in [-0.2, 0) is 0 Å². The van der Waals surface area contributed by atoms with Crippen molar-refractivity contribution < 1.29 is 8.78 Å². The number of nitrogen functional groups attached to an aromatic ring is 1. The van der Waals surface area contributed by atoms with E-state index in [2.05, 4.69) is 10.1 Å². The molecule has 0 saturated carbocycles. The minimum absolute atomic E-state index is 0.221. The van der Waals surface area contributed by atoms with Gasteiger partial charge in [-0.1, -0.05) is 0 Å². The van der Waals surface area contributed by atoms with Crippen LogP contribution in [0.3, 0.4) is 0 Å². The predicted octanol–water partition coefficient (Wildman–Crippen LogP) is 2.93. The maximum absolute atomic E-state index is 14.1. The Labute approximate surface area is 131 Å². The topological polar surface area (TPSA) is 59.5 Å². The molecule has 1 saturated heterocycles. The van der Waals surface area contributed by atoms with Gasteiger partial charge in [0.25, 0.3) is 0 Å². The highest BCUT2D eigenvalue weighted by atomic mass is 19.1. The molecule has 1 aliphatic rings. The summed E-state index contributed by atoms with van der Waals surface area (Å²) in [4.78, 5) is 6.39. The number of nitrogens with two attached hydrogens (primary N) is 1. The van der Waals surface area contributed by atoms with Crippen LogP contribution in [0.15, 0.2) is 36.7 Å². The Bertz CT molecular complexity index is 876. The Morgan fingerprint density at radius 3 is 2.91 bits per heavy atom. The van der Waals surface area contributed by atoms with Gasteiger partial charge in [0.2, 0.25) is 0 Å². The fourth-order valence-corrected chi connectivity index (χ4v) is 3.20. The molecule has 5 nitrogen and oxygen atoms in total. The molecular weight excluding hydrogens is 300 g/mol. The Morgan fingerprint density at radius 1 is 1.17 bits per heavy atom. The first-order valence-corrected chi connectivity index (χ1v) is 7.44. The molecule has 1 atom stereocenters. The van der Waals surface area contributed by atoms with Gasteiger partial charge in [-0.25, -0.2) is 18.3 Å². The van der Waals surface area contributed by atoms with Gasteiger partial charge in [-0.05, 0) is 31.0 Å². The van der Waals surface area contributed by atoms with Gasteiger partial charge in [0.1, 0.15) is 29.6 Å². The predicted molar refractivity (Wildman–Crippen MR) is 83.1 cm³/mol. The molecule has 0 spiro atoms. The molecule has 1 unspecified atom stereocenters. The first-order chi connectivity index (χ1) is 11.1. The van der Waals surface area contributed by atoms with E-state index in [1.807, 2.05) is 11.0 Å². The third-order valence-corrected chi connectivity index (χ3v) is 4.22. The average Bonchev–Trinajstić information content (AvgIpc) is 3.14. The van der Waals surface area contributed by atoms with Crippen molar-refractivity contribution in [3.63, 3.8) is 0 Å². The van der Waals surface area contributed by atoms with Crippen molar-refractivity contribution >= 4 is 17.2 Å². The number of fused-ring (bicyclic) bond motifs is 1. The average molecular weight is 315 g/mol. The lowest BCUT2D eigenvalue weighted by Gasteiger charge is -2.26. The summed E-state index contributed by atoms with van der Waals surface area (Å²) < 4.78 is 29.2. The van der Waals surface area contributed by atoms with Crippen molar-refractivity contribution in [1.29, 1.82) is 0 Å². The highest BCUT2D eigenvalue weighted by molar-refractivity contribution is 5.60. The monoisotopic (exact) mass is 315 g/mol. The number of aromatic nitrogens is 3. The third kappa shape index (κ3) is 2.38. The van der Waals surface area contributed by atoms with Gasteiger partial charge in [-0.2, -0.15) is 0 Å². The zero-order chi connectivity index (χ0) is 16.0. The van der Waals surface area contributed by atoms with E-state index in [0.717, 1.165) is 31.0 Å². The fraction of sp³-hybridized carbons (Fsp3) is 0.250. The number of hydrogen-bond acceptors (Lipinski definition) is 4. The Balaban J connectivity index is 1.75. The van der Waals surface area contributed by atoms with Crippen molar-refractivity contribution in [1.82, 2.24) is 14.6 Å². The second kappa shape index (κ2) is 5.19. The first-order valence-electron chi connectivity index (χ1n) is 7.44. The highest BCUT2D eigenvalue weighted by Gasteiger charge is 2.29. The molecule has 0 bridgehead atoms. The van der Waals surface area contributed by atoms with E-state index < -0.39 is 11.6 Å². The SMILES string of the molecule is Nc1cc2cc(N3CCCC3c3cc(F)ccc3F)ncn2n1. The summed E-state index contributed by atoms with van der Waals surface area (Å²) in [6.07, 6.45) is 3.24. The van der Waals surface area contributed by atoms with Crippen molar-refractivity contribution in [2.24, 2.45) is 0 Å². The Hall–Kier alpha value is -2.70. The lowest BCUT2D eigenvalue weighted by atomic mass is 10.0. The number of hydrogen-bond donors (Lipinski definition) is 1. The maximum atomic E-state index is 14.1. The minimum Gasteiger partial charge on any atom is -0.382 e. The quantitative estimate of drug-likeness (QED) is 0.790. The van der Waals surface area contributed by atoms with E-state index in [1.165, 1.54) is 12.1 Å². The molecule has 3 heterocycles. The van der Waals surface area contributed by atoms with Crippen LogP contribution in [0.4, 0.5) is 20.4 Å². The lowest BCUT2D eigenvalue weighted by Crippen LogP contribution is -2.24. The number of anilines is 2. The van der Waals surface area contributed by atoms with Crippen LogP contribution in [0.1, 0.15) is 24.4 Å². The van der Waals surface area contributed by atoms with E-state index >= 15 is 0 Å². The van der Waals surface area contributed by atoms with Crippen LogP contribution in [0, 0.1) is 11.6 Å². The number of rotatable bonds is 2. The highest BCUT2D eigenvalue weighted by Crippen LogP contribution is 2.36. The van der Waals surface area contributed by atoms with E-state index in [9.17, 15) is 8.78 Å². The van der Waals surface area contributed by atoms with Crippen molar-refractivity contribution in [2.75, 3.05) is 17.2 Å². The summed E-state index contributed by atoms with van der Waals surface area (Å²) in [7, 11) is 0. The standard InChI is InChI=1S/C16H15F2N5/c17-10-3-4-13(18)12(6-10)14-2-1-5-22(14)16-8-11-7-15(19)21-23(11)9-20-16/h3-4,6-9,14H,1-2,5H2,(H2,19,21). The third-order valence-electron chi connectivity index (χ3n) is 4.22. The summed E-state index contributed by atoms with van der Waals surface area (Å²) in [6, 6.07) is 6.97. The van der Waals surface area contributed by atoms with Gasteiger partial charge in [-0.3, -0.25) is 0 Å². The second-order valence-corrected chi connectivity index (χ2v) is 5.70. The molecule has 1 aromatic carbocycles.